The summed E-state index contributed by atoms with van der Waals surface area (Å²) in [5.41, 5.74) is 0. The summed E-state index contributed by atoms with van der Waals surface area (Å²) in [6.45, 7) is 3.25. The Morgan fingerprint density at radius 1 is 1.50 bits per heavy atom. The standard InChI is InChI=1S/C11H20N2O3/c1-7-4-8(2-3-16-7)13-11(15)10-5-9(14)6-12-10/h7-10,12,14H,2-6H2,1H3,(H,13,15). The van der Waals surface area contributed by atoms with E-state index >= 15 is 0 Å². The van der Waals surface area contributed by atoms with E-state index in [1.807, 2.05) is 6.92 Å². The van der Waals surface area contributed by atoms with Gasteiger partial charge < -0.3 is 20.5 Å². The Morgan fingerprint density at radius 2 is 2.31 bits per heavy atom. The maximum Gasteiger partial charge on any atom is 0.237 e. The van der Waals surface area contributed by atoms with E-state index in [9.17, 15) is 9.90 Å². The molecule has 0 saturated carbocycles. The lowest BCUT2D eigenvalue weighted by Crippen LogP contribution is -2.48. The van der Waals surface area contributed by atoms with Crippen LogP contribution in [0.4, 0.5) is 0 Å². The second kappa shape index (κ2) is 5.12. The number of aliphatic hydroxyl groups excluding tert-OH is 1. The van der Waals surface area contributed by atoms with E-state index in [-0.39, 0.29) is 30.2 Å². The van der Waals surface area contributed by atoms with Gasteiger partial charge in [-0.1, -0.05) is 0 Å². The Labute approximate surface area is 95.5 Å². The molecule has 0 bridgehead atoms. The average Bonchev–Trinajstić information content (AvgIpc) is 2.65. The van der Waals surface area contributed by atoms with Crippen LogP contribution in [0.1, 0.15) is 26.2 Å². The van der Waals surface area contributed by atoms with Gasteiger partial charge in [0, 0.05) is 19.2 Å². The molecule has 16 heavy (non-hydrogen) atoms. The Balaban J connectivity index is 1.78. The zero-order valence-electron chi connectivity index (χ0n) is 9.61. The molecule has 2 aliphatic heterocycles. The van der Waals surface area contributed by atoms with Gasteiger partial charge in [0.05, 0.1) is 18.2 Å². The van der Waals surface area contributed by atoms with Crippen molar-refractivity contribution in [3.63, 3.8) is 0 Å². The number of hydrogen-bond acceptors (Lipinski definition) is 4. The monoisotopic (exact) mass is 228 g/mol. The van der Waals surface area contributed by atoms with Gasteiger partial charge in [-0.15, -0.1) is 0 Å². The first-order chi connectivity index (χ1) is 7.65. The fraction of sp³-hybridized carbons (Fsp3) is 0.909. The zero-order valence-corrected chi connectivity index (χ0v) is 9.61. The summed E-state index contributed by atoms with van der Waals surface area (Å²) in [4.78, 5) is 11.8. The minimum Gasteiger partial charge on any atom is -0.392 e. The molecular weight excluding hydrogens is 208 g/mol. The van der Waals surface area contributed by atoms with Crippen molar-refractivity contribution in [1.82, 2.24) is 10.6 Å². The van der Waals surface area contributed by atoms with Crippen LogP contribution in [-0.4, -0.2) is 48.5 Å². The third-order valence-electron chi connectivity index (χ3n) is 3.26. The second-order valence-corrected chi connectivity index (χ2v) is 4.76. The van der Waals surface area contributed by atoms with Gasteiger partial charge in [-0.05, 0) is 26.2 Å². The normalized spacial score (nSPS) is 39.6. The van der Waals surface area contributed by atoms with Gasteiger partial charge >= 0.3 is 0 Å². The van der Waals surface area contributed by atoms with Crippen molar-refractivity contribution in [2.75, 3.05) is 13.2 Å². The molecule has 0 aromatic carbocycles. The minimum atomic E-state index is -0.385. The van der Waals surface area contributed by atoms with Crippen LogP contribution in [0.5, 0.6) is 0 Å². The van der Waals surface area contributed by atoms with Crippen LogP contribution < -0.4 is 10.6 Å². The van der Waals surface area contributed by atoms with Crippen molar-refractivity contribution in [2.45, 2.75) is 50.5 Å². The smallest absolute Gasteiger partial charge is 0.237 e. The van der Waals surface area contributed by atoms with Crippen LogP contribution >= 0.6 is 0 Å². The molecule has 5 nitrogen and oxygen atoms in total. The second-order valence-electron chi connectivity index (χ2n) is 4.76. The van der Waals surface area contributed by atoms with Crippen molar-refractivity contribution >= 4 is 5.91 Å². The highest BCUT2D eigenvalue weighted by Gasteiger charge is 2.30. The van der Waals surface area contributed by atoms with Gasteiger partial charge in [-0.3, -0.25) is 4.79 Å². The average molecular weight is 228 g/mol. The number of nitrogens with one attached hydrogen (secondary N) is 2. The van der Waals surface area contributed by atoms with Crippen LogP contribution in [0.15, 0.2) is 0 Å². The molecule has 0 aromatic rings. The summed E-state index contributed by atoms with van der Waals surface area (Å²) < 4.78 is 5.43. The first-order valence-electron chi connectivity index (χ1n) is 5.98. The van der Waals surface area contributed by atoms with Gasteiger partial charge in [-0.25, -0.2) is 0 Å². The van der Waals surface area contributed by atoms with Gasteiger partial charge in [0.25, 0.3) is 0 Å². The summed E-state index contributed by atoms with van der Waals surface area (Å²) in [6.07, 6.45) is 2.11. The van der Waals surface area contributed by atoms with Crippen molar-refractivity contribution in [1.29, 1.82) is 0 Å². The predicted molar refractivity (Wildman–Crippen MR) is 59.0 cm³/mol. The van der Waals surface area contributed by atoms with Crippen molar-refractivity contribution in [3.05, 3.63) is 0 Å². The number of β-amino-alcohol motifs (C(OH)–C–C–N with tert-alkyl or cyclic N) is 1. The molecule has 2 fully saturated rings. The molecule has 1 amide bonds. The third-order valence-corrected chi connectivity index (χ3v) is 3.26. The van der Waals surface area contributed by atoms with E-state index in [4.69, 9.17) is 4.74 Å². The molecule has 92 valence electrons. The topological polar surface area (TPSA) is 70.6 Å². The molecule has 3 N–H and O–H groups in total. The Hall–Kier alpha value is -0.650. The summed E-state index contributed by atoms with van der Waals surface area (Å²) in [5, 5.41) is 15.4. The van der Waals surface area contributed by atoms with E-state index in [0.29, 0.717) is 19.6 Å². The molecule has 4 atom stereocenters. The number of ether oxygens (including phenoxy) is 1. The van der Waals surface area contributed by atoms with Gasteiger partial charge in [0.15, 0.2) is 0 Å². The van der Waals surface area contributed by atoms with E-state index in [1.54, 1.807) is 0 Å². The largest absolute Gasteiger partial charge is 0.392 e. The molecule has 0 spiro atoms. The molecule has 2 saturated heterocycles. The molecule has 2 rings (SSSR count). The third kappa shape index (κ3) is 2.93. The summed E-state index contributed by atoms with van der Waals surface area (Å²) in [5.74, 6) is 0.00986. The highest BCUT2D eigenvalue weighted by atomic mass is 16.5. The lowest BCUT2D eigenvalue weighted by molar-refractivity contribution is -0.124. The van der Waals surface area contributed by atoms with Crippen molar-refractivity contribution in [3.8, 4) is 0 Å². The zero-order chi connectivity index (χ0) is 11.5. The van der Waals surface area contributed by atoms with E-state index in [0.717, 1.165) is 12.8 Å². The fourth-order valence-electron chi connectivity index (χ4n) is 2.35. The molecular formula is C11H20N2O3. The first-order valence-corrected chi connectivity index (χ1v) is 5.98. The van der Waals surface area contributed by atoms with Gasteiger partial charge in [0.2, 0.25) is 5.91 Å². The number of hydrogen-bond donors (Lipinski definition) is 3. The molecule has 0 radical (unpaired) electrons. The Bertz CT molecular complexity index is 260. The number of carbonyl (C=O) groups is 1. The quantitative estimate of drug-likeness (QED) is 0.590. The van der Waals surface area contributed by atoms with Crippen LogP contribution in [-0.2, 0) is 9.53 Å². The molecule has 2 aliphatic rings. The Morgan fingerprint density at radius 3 is 2.94 bits per heavy atom. The molecule has 2 heterocycles. The van der Waals surface area contributed by atoms with E-state index in [1.165, 1.54) is 0 Å². The molecule has 0 aliphatic carbocycles. The van der Waals surface area contributed by atoms with Gasteiger partial charge in [0.1, 0.15) is 0 Å². The van der Waals surface area contributed by atoms with Crippen LogP contribution in [0.3, 0.4) is 0 Å². The highest BCUT2D eigenvalue weighted by molar-refractivity contribution is 5.82. The number of aliphatic hydroxyl groups is 1. The van der Waals surface area contributed by atoms with Crippen molar-refractivity contribution in [2.24, 2.45) is 0 Å². The van der Waals surface area contributed by atoms with Crippen molar-refractivity contribution < 1.29 is 14.6 Å². The molecule has 5 heteroatoms. The maximum atomic E-state index is 11.8. The summed E-state index contributed by atoms with van der Waals surface area (Å²) >= 11 is 0. The predicted octanol–water partition coefficient (Wildman–Crippen LogP) is -0.607. The SMILES string of the molecule is CC1CC(NC(=O)C2CC(O)CN2)CCO1. The summed E-state index contributed by atoms with van der Waals surface area (Å²) in [7, 11) is 0. The fourth-order valence-corrected chi connectivity index (χ4v) is 2.35. The lowest BCUT2D eigenvalue weighted by Gasteiger charge is -2.28. The van der Waals surface area contributed by atoms with Gasteiger partial charge in [-0.2, -0.15) is 0 Å². The number of amides is 1. The molecule has 4 unspecified atom stereocenters. The molecule has 0 aromatic heterocycles. The maximum absolute atomic E-state index is 11.8. The number of rotatable bonds is 2. The summed E-state index contributed by atoms with van der Waals surface area (Å²) in [6, 6.07) is -0.0102. The van der Waals surface area contributed by atoms with Crippen LogP contribution in [0, 0.1) is 0 Å². The lowest BCUT2D eigenvalue weighted by atomic mass is 10.0. The number of carbonyl (C=O) groups excluding carboxylic acids is 1. The van der Waals surface area contributed by atoms with E-state index < -0.39 is 0 Å². The first kappa shape index (κ1) is 11.8. The highest BCUT2D eigenvalue weighted by Crippen LogP contribution is 2.14. The van der Waals surface area contributed by atoms with E-state index in [2.05, 4.69) is 10.6 Å². The van der Waals surface area contributed by atoms with Crippen LogP contribution in [0.2, 0.25) is 0 Å². The van der Waals surface area contributed by atoms with Crippen LogP contribution in [0.25, 0.3) is 0 Å². The minimum absolute atomic E-state index is 0.00986. The Kier molecular flexibility index (Phi) is 3.78.